The summed E-state index contributed by atoms with van der Waals surface area (Å²) in [5.41, 5.74) is 3.63. The van der Waals surface area contributed by atoms with Crippen LogP contribution < -0.4 is 25.4 Å². The minimum absolute atomic E-state index is 0.0340. The van der Waals surface area contributed by atoms with Crippen molar-refractivity contribution in [2.45, 2.75) is 24.3 Å². The molecule has 1 aromatic heterocycles. The average molecular weight is 627 g/mol. The highest BCUT2D eigenvalue weighted by atomic mass is 32.2. The van der Waals surface area contributed by atoms with Crippen LogP contribution in [0.2, 0.25) is 0 Å². The van der Waals surface area contributed by atoms with E-state index >= 15 is 0 Å². The van der Waals surface area contributed by atoms with Crippen LogP contribution in [-0.4, -0.2) is 49.6 Å². The second-order valence-electron chi connectivity index (χ2n) is 10.4. The van der Waals surface area contributed by atoms with Gasteiger partial charge < -0.3 is 25.8 Å². The third-order valence-corrected chi connectivity index (χ3v) is 8.32. The van der Waals surface area contributed by atoms with Crippen LogP contribution >= 0.6 is 0 Å². The number of amides is 1. The third kappa shape index (κ3) is 8.12. The summed E-state index contributed by atoms with van der Waals surface area (Å²) in [6, 6.07) is 28.1. The van der Waals surface area contributed by atoms with Crippen LogP contribution in [0.5, 0.6) is 5.75 Å². The number of sulfonamides is 1. The Morgan fingerprint density at radius 3 is 2.29 bits per heavy atom. The molecule has 0 fully saturated rings. The number of ether oxygens (including phenoxy) is 1. The average Bonchev–Trinajstić information content (AvgIpc) is 3.05. The molecule has 0 aliphatic carbocycles. The highest BCUT2D eigenvalue weighted by Crippen LogP contribution is 2.30. The molecule has 1 atom stereocenters. The fraction of sp³-hybridized carbons (Fsp3) is 0.182. The van der Waals surface area contributed by atoms with E-state index in [0.29, 0.717) is 40.3 Å². The van der Waals surface area contributed by atoms with E-state index in [2.05, 4.69) is 37.6 Å². The van der Waals surface area contributed by atoms with Gasteiger partial charge in [-0.15, -0.1) is 0 Å². The SMILES string of the molecule is COc1cc(CO)cc(Nc2nc3ccccc3nc2NS(=O)(=O)c2cccc(NC(=O)CNCC(C)c3ccccc3)c2)c1. The van der Waals surface area contributed by atoms with Crippen molar-refractivity contribution in [2.75, 3.05) is 35.6 Å². The molecular weight excluding hydrogens is 592 g/mol. The summed E-state index contributed by atoms with van der Waals surface area (Å²) in [5.74, 6) is 0.532. The zero-order valence-electron chi connectivity index (χ0n) is 24.8. The fourth-order valence-corrected chi connectivity index (χ4v) is 5.73. The lowest BCUT2D eigenvalue weighted by Crippen LogP contribution is -2.30. The summed E-state index contributed by atoms with van der Waals surface area (Å²) in [7, 11) is -2.65. The molecule has 5 rings (SSSR count). The minimum Gasteiger partial charge on any atom is -0.497 e. The van der Waals surface area contributed by atoms with Gasteiger partial charge in [-0.05, 0) is 59.5 Å². The predicted octanol–water partition coefficient (Wildman–Crippen LogP) is 5.01. The number of aliphatic hydroxyl groups is 1. The number of nitrogens with one attached hydrogen (secondary N) is 4. The summed E-state index contributed by atoms with van der Waals surface area (Å²) < 4.78 is 35.0. The first kappa shape index (κ1) is 31.4. The summed E-state index contributed by atoms with van der Waals surface area (Å²) in [5, 5.41) is 18.7. The van der Waals surface area contributed by atoms with Crippen molar-refractivity contribution in [1.82, 2.24) is 15.3 Å². The van der Waals surface area contributed by atoms with E-state index in [1.165, 1.54) is 24.8 Å². The number of carbonyl (C=O) groups is 1. The number of para-hydroxylation sites is 2. The Labute approximate surface area is 261 Å². The molecule has 5 N–H and O–H groups in total. The molecule has 0 saturated carbocycles. The van der Waals surface area contributed by atoms with Crippen molar-refractivity contribution in [3.05, 3.63) is 108 Å². The van der Waals surface area contributed by atoms with Gasteiger partial charge in [-0.25, -0.2) is 18.4 Å². The molecule has 4 aromatic carbocycles. The van der Waals surface area contributed by atoms with E-state index in [1.54, 1.807) is 54.6 Å². The predicted molar refractivity (Wildman–Crippen MR) is 175 cm³/mol. The van der Waals surface area contributed by atoms with E-state index in [4.69, 9.17) is 4.74 Å². The molecule has 45 heavy (non-hydrogen) atoms. The van der Waals surface area contributed by atoms with Crippen molar-refractivity contribution < 1.29 is 23.1 Å². The molecule has 1 unspecified atom stereocenters. The number of benzene rings is 4. The lowest BCUT2D eigenvalue weighted by atomic mass is 10.0. The standard InChI is InChI=1S/C33H34N6O5S/c1-22(24-9-4-3-5-10-24)19-34-20-31(41)35-25-11-8-12-28(18-25)45(42,43)39-33-32(37-29-13-6-7-14-30(29)38-33)36-26-15-23(21-40)16-27(17-26)44-2/h3-18,22,34,40H,19-21H2,1-2H3,(H,35,41)(H,36,37)(H,38,39). The maximum atomic E-state index is 13.6. The van der Waals surface area contributed by atoms with Gasteiger partial charge in [0.15, 0.2) is 11.6 Å². The van der Waals surface area contributed by atoms with Crippen molar-refractivity contribution >= 4 is 50.0 Å². The molecule has 11 nitrogen and oxygen atoms in total. The van der Waals surface area contributed by atoms with Gasteiger partial charge in [-0.3, -0.25) is 9.52 Å². The molecule has 0 saturated heterocycles. The van der Waals surface area contributed by atoms with Gasteiger partial charge in [0.25, 0.3) is 10.0 Å². The number of hydrogen-bond acceptors (Lipinski definition) is 9. The number of hydrogen-bond donors (Lipinski definition) is 5. The Kier molecular flexibility index (Phi) is 9.88. The zero-order chi connectivity index (χ0) is 31.8. The van der Waals surface area contributed by atoms with Gasteiger partial charge in [0.2, 0.25) is 5.91 Å². The number of aliphatic hydroxyl groups excluding tert-OH is 1. The quantitative estimate of drug-likeness (QED) is 0.121. The van der Waals surface area contributed by atoms with Crippen LogP contribution in [0.15, 0.2) is 102 Å². The second kappa shape index (κ2) is 14.2. The molecule has 232 valence electrons. The fourth-order valence-electron chi connectivity index (χ4n) is 4.67. The molecule has 0 radical (unpaired) electrons. The Hall–Kier alpha value is -5.04. The molecule has 1 amide bonds. The maximum Gasteiger partial charge on any atom is 0.263 e. The highest BCUT2D eigenvalue weighted by molar-refractivity contribution is 7.92. The summed E-state index contributed by atoms with van der Waals surface area (Å²) in [6.45, 7) is 2.53. The van der Waals surface area contributed by atoms with Gasteiger partial charge in [0, 0.05) is 24.0 Å². The minimum atomic E-state index is -4.16. The van der Waals surface area contributed by atoms with E-state index in [0.717, 1.165) is 0 Å². The topological polar surface area (TPSA) is 155 Å². The van der Waals surface area contributed by atoms with Crippen molar-refractivity contribution in [2.24, 2.45) is 0 Å². The van der Waals surface area contributed by atoms with Gasteiger partial charge >= 0.3 is 0 Å². The van der Waals surface area contributed by atoms with Crippen LogP contribution in [0.25, 0.3) is 11.0 Å². The number of aromatic nitrogens is 2. The highest BCUT2D eigenvalue weighted by Gasteiger charge is 2.20. The van der Waals surface area contributed by atoms with E-state index in [-0.39, 0.29) is 41.5 Å². The molecule has 1 heterocycles. The zero-order valence-corrected chi connectivity index (χ0v) is 25.6. The van der Waals surface area contributed by atoms with Crippen molar-refractivity contribution in [3.63, 3.8) is 0 Å². The number of fused-ring (bicyclic) bond motifs is 1. The molecular formula is C33H34N6O5S. The molecule has 0 aliphatic rings. The largest absolute Gasteiger partial charge is 0.497 e. The monoisotopic (exact) mass is 626 g/mol. The smallest absolute Gasteiger partial charge is 0.263 e. The van der Waals surface area contributed by atoms with Gasteiger partial charge in [0.1, 0.15) is 5.75 Å². The first-order valence-corrected chi connectivity index (χ1v) is 15.7. The molecule has 0 aliphatic heterocycles. The third-order valence-electron chi connectivity index (χ3n) is 6.98. The van der Waals surface area contributed by atoms with Gasteiger partial charge in [0.05, 0.1) is 36.2 Å². The molecule has 0 spiro atoms. The number of anilines is 4. The van der Waals surface area contributed by atoms with Crippen LogP contribution in [0.4, 0.5) is 23.0 Å². The number of nitrogens with zero attached hydrogens (tertiary/aromatic N) is 2. The Morgan fingerprint density at radius 1 is 0.867 bits per heavy atom. The molecule has 0 bridgehead atoms. The molecule has 5 aromatic rings. The van der Waals surface area contributed by atoms with E-state index in [9.17, 15) is 18.3 Å². The van der Waals surface area contributed by atoms with Crippen LogP contribution in [0.1, 0.15) is 24.0 Å². The Balaban J connectivity index is 1.32. The summed E-state index contributed by atoms with van der Waals surface area (Å²) in [6.07, 6.45) is 0. The first-order valence-electron chi connectivity index (χ1n) is 14.2. The number of carbonyl (C=O) groups excluding carboxylic acids is 1. The number of methoxy groups -OCH3 is 1. The second-order valence-corrected chi connectivity index (χ2v) is 12.1. The summed E-state index contributed by atoms with van der Waals surface area (Å²) >= 11 is 0. The van der Waals surface area contributed by atoms with E-state index in [1.807, 2.05) is 30.3 Å². The first-order chi connectivity index (χ1) is 21.7. The van der Waals surface area contributed by atoms with Crippen LogP contribution in [0, 0.1) is 0 Å². The van der Waals surface area contributed by atoms with E-state index < -0.39 is 10.0 Å². The molecule has 12 heteroatoms. The Bertz CT molecular complexity index is 1880. The number of rotatable bonds is 13. The lowest BCUT2D eigenvalue weighted by molar-refractivity contribution is -0.115. The van der Waals surface area contributed by atoms with Gasteiger partial charge in [-0.1, -0.05) is 55.5 Å². The van der Waals surface area contributed by atoms with Crippen LogP contribution in [0.3, 0.4) is 0 Å². The normalized spacial score (nSPS) is 12.0. The van der Waals surface area contributed by atoms with Crippen molar-refractivity contribution in [3.8, 4) is 5.75 Å². The Morgan fingerprint density at radius 2 is 1.58 bits per heavy atom. The van der Waals surface area contributed by atoms with Crippen LogP contribution in [-0.2, 0) is 21.4 Å². The lowest BCUT2D eigenvalue weighted by Gasteiger charge is -2.15. The summed E-state index contributed by atoms with van der Waals surface area (Å²) in [4.78, 5) is 21.7. The maximum absolute atomic E-state index is 13.6. The van der Waals surface area contributed by atoms with Crippen molar-refractivity contribution in [1.29, 1.82) is 0 Å². The van der Waals surface area contributed by atoms with Gasteiger partial charge in [-0.2, -0.15) is 0 Å².